The zero-order valence-electron chi connectivity index (χ0n) is 13.6. The minimum atomic E-state index is -0.647. The first kappa shape index (κ1) is 16.3. The molecular formula is C19H18BrFN4. The number of piperidine rings is 1. The summed E-state index contributed by atoms with van der Waals surface area (Å²) < 4.78 is 14.1. The Balaban J connectivity index is 1.53. The quantitative estimate of drug-likeness (QED) is 0.639. The number of nitrogens with one attached hydrogen (secondary N) is 1. The Bertz CT molecular complexity index is 854. The molecule has 6 heteroatoms. The maximum atomic E-state index is 13.3. The number of aromatic amines is 1. The van der Waals surface area contributed by atoms with E-state index in [0.717, 1.165) is 45.9 Å². The van der Waals surface area contributed by atoms with Crippen molar-refractivity contribution in [2.45, 2.75) is 19.0 Å². The number of H-pyrrole nitrogens is 1. The van der Waals surface area contributed by atoms with Gasteiger partial charge in [0.1, 0.15) is 10.8 Å². The molecule has 0 aliphatic carbocycles. The van der Waals surface area contributed by atoms with Crippen LogP contribution in [0.3, 0.4) is 0 Å². The molecular weight excluding hydrogens is 383 g/mol. The Hall–Kier alpha value is -2.21. The molecule has 1 aliphatic rings. The van der Waals surface area contributed by atoms with Crippen molar-refractivity contribution in [2.24, 2.45) is 0 Å². The first-order valence-corrected chi connectivity index (χ1v) is 9.15. The van der Waals surface area contributed by atoms with Crippen LogP contribution in [0.25, 0.3) is 22.5 Å². The van der Waals surface area contributed by atoms with Gasteiger partial charge in [0.2, 0.25) is 0 Å². The van der Waals surface area contributed by atoms with Crippen molar-refractivity contribution in [3.05, 3.63) is 53.3 Å². The molecule has 4 rings (SSSR count). The summed E-state index contributed by atoms with van der Waals surface area (Å²) in [7, 11) is 0. The van der Waals surface area contributed by atoms with Crippen molar-refractivity contribution in [3.63, 3.8) is 0 Å². The second-order valence-electron chi connectivity index (χ2n) is 6.24. The molecule has 0 unspecified atom stereocenters. The number of benzene rings is 1. The van der Waals surface area contributed by atoms with Gasteiger partial charge >= 0.3 is 0 Å². The minimum Gasteiger partial charge on any atom is -0.371 e. The van der Waals surface area contributed by atoms with Crippen molar-refractivity contribution in [1.82, 2.24) is 15.2 Å². The van der Waals surface area contributed by atoms with Crippen LogP contribution in [0.4, 0.5) is 10.1 Å². The first-order chi connectivity index (χ1) is 12.2. The molecule has 3 aromatic rings. The highest BCUT2D eigenvalue weighted by atomic mass is 79.9. The summed E-state index contributed by atoms with van der Waals surface area (Å²) in [6.45, 7) is 1.56. The van der Waals surface area contributed by atoms with Gasteiger partial charge in [-0.2, -0.15) is 5.10 Å². The molecule has 25 heavy (non-hydrogen) atoms. The largest absolute Gasteiger partial charge is 0.371 e. The lowest BCUT2D eigenvalue weighted by atomic mass is 10.1. The van der Waals surface area contributed by atoms with Gasteiger partial charge in [-0.25, -0.2) is 9.37 Å². The number of anilines is 1. The second kappa shape index (κ2) is 6.96. The predicted molar refractivity (Wildman–Crippen MR) is 101 cm³/mol. The molecule has 2 aromatic heterocycles. The summed E-state index contributed by atoms with van der Waals surface area (Å²) in [5.74, 6) is 0. The van der Waals surface area contributed by atoms with E-state index in [-0.39, 0.29) is 0 Å². The van der Waals surface area contributed by atoms with Crippen LogP contribution in [0.5, 0.6) is 0 Å². The van der Waals surface area contributed by atoms with Crippen molar-refractivity contribution in [2.75, 3.05) is 18.0 Å². The van der Waals surface area contributed by atoms with Gasteiger partial charge in [0.15, 0.2) is 0 Å². The van der Waals surface area contributed by atoms with E-state index in [0.29, 0.717) is 12.8 Å². The fourth-order valence-corrected chi connectivity index (χ4v) is 3.50. The molecule has 1 aliphatic heterocycles. The maximum Gasteiger partial charge on any atom is 0.106 e. The lowest BCUT2D eigenvalue weighted by Gasteiger charge is -2.30. The zero-order chi connectivity index (χ0) is 17.2. The monoisotopic (exact) mass is 400 g/mol. The van der Waals surface area contributed by atoms with Gasteiger partial charge in [0.25, 0.3) is 0 Å². The highest BCUT2D eigenvalue weighted by Crippen LogP contribution is 2.27. The van der Waals surface area contributed by atoms with Gasteiger partial charge in [-0.3, -0.25) is 5.10 Å². The van der Waals surface area contributed by atoms with Gasteiger partial charge in [0.05, 0.1) is 11.4 Å². The van der Waals surface area contributed by atoms with Crippen molar-refractivity contribution in [3.8, 4) is 22.5 Å². The number of halogens is 2. The molecule has 0 bridgehead atoms. The van der Waals surface area contributed by atoms with Crippen molar-refractivity contribution in [1.29, 1.82) is 0 Å². The topological polar surface area (TPSA) is 44.8 Å². The normalized spacial score (nSPS) is 15.5. The third-order valence-electron chi connectivity index (χ3n) is 4.57. The van der Waals surface area contributed by atoms with Gasteiger partial charge < -0.3 is 4.90 Å². The van der Waals surface area contributed by atoms with E-state index < -0.39 is 6.17 Å². The van der Waals surface area contributed by atoms with E-state index in [1.165, 1.54) is 0 Å². The number of aromatic nitrogens is 3. The Kier molecular flexibility index (Phi) is 4.53. The third kappa shape index (κ3) is 3.58. The SMILES string of the molecule is FC1CCN(c2ccc(-c3cc(-c4ccnc(Br)c4)[nH]n3)cc2)CC1. The van der Waals surface area contributed by atoms with E-state index in [1.807, 2.05) is 18.2 Å². The van der Waals surface area contributed by atoms with Crippen LogP contribution in [0.2, 0.25) is 0 Å². The van der Waals surface area contributed by atoms with Gasteiger partial charge in [-0.15, -0.1) is 0 Å². The number of hydrogen-bond donors (Lipinski definition) is 1. The van der Waals surface area contributed by atoms with Crippen LogP contribution < -0.4 is 4.90 Å². The van der Waals surface area contributed by atoms with E-state index in [9.17, 15) is 4.39 Å². The molecule has 1 fully saturated rings. The molecule has 4 nitrogen and oxygen atoms in total. The Morgan fingerprint density at radius 2 is 1.80 bits per heavy atom. The summed E-state index contributed by atoms with van der Waals surface area (Å²) in [6.07, 6.45) is 2.35. The van der Waals surface area contributed by atoms with E-state index in [4.69, 9.17) is 0 Å². The van der Waals surface area contributed by atoms with Crippen LogP contribution >= 0.6 is 15.9 Å². The van der Waals surface area contributed by atoms with Crippen LogP contribution in [-0.4, -0.2) is 34.4 Å². The smallest absolute Gasteiger partial charge is 0.106 e. The highest BCUT2D eigenvalue weighted by molar-refractivity contribution is 9.10. The Labute approximate surface area is 154 Å². The van der Waals surface area contributed by atoms with Gasteiger partial charge in [-0.05, 0) is 59.1 Å². The average molecular weight is 401 g/mol. The van der Waals surface area contributed by atoms with Gasteiger partial charge in [-0.1, -0.05) is 12.1 Å². The molecule has 0 radical (unpaired) electrons. The summed E-state index contributed by atoms with van der Waals surface area (Å²) in [5.41, 5.74) is 5.08. The van der Waals surface area contributed by atoms with E-state index in [1.54, 1.807) is 6.20 Å². The van der Waals surface area contributed by atoms with Gasteiger partial charge in [0, 0.05) is 36.1 Å². The highest BCUT2D eigenvalue weighted by Gasteiger charge is 2.18. The number of hydrogen-bond acceptors (Lipinski definition) is 3. The van der Waals surface area contributed by atoms with Crippen molar-refractivity contribution >= 4 is 21.6 Å². The van der Waals surface area contributed by atoms with Crippen molar-refractivity contribution < 1.29 is 4.39 Å². The molecule has 128 valence electrons. The minimum absolute atomic E-state index is 0.617. The van der Waals surface area contributed by atoms with Crippen LogP contribution in [0.15, 0.2) is 53.3 Å². The van der Waals surface area contributed by atoms with Crippen LogP contribution in [0.1, 0.15) is 12.8 Å². The maximum absolute atomic E-state index is 13.3. The summed E-state index contributed by atoms with van der Waals surface area (Å²) >= 11 is 3.39. The standard InChI is InChI=1S/C19H18BrFN4/c20-19-11-14(5-8-22-19)18-12-17(23-24-18)13-1-3-16(4-2-13)25-9-6-15(21)7-10-25/h1-5,8,11-12,15H,6-7,9-10H2,(H,23,24). The predicted octanol–water partition coefficient (Wildman–Crippen LogP) is 4.84. The lowest BCUT2D eigenvalue weighted by Crippen LogP contribution is -2.34. The molecule has 1 aromatic carbocycles. The summed E-state index contributed by atoms with van der Waals surface area (Å²) in [6, 6.07) is 14.2. The number of rotatable bonds is 3. The third-order valence-corrected chi connectivity index (χ3v) is 5.00. The lowest BCUT2D eigenvalue weighted by molar-refractivity contribution is 0.277. The Morgan fingerprint density at radius 3 is 2.52 bits per heavy atom. The molecule has 1 saturated heterocycles. The molecule has 0 saturated carbocycles. The van der Waals surface area contributed by atoms with Crippen LogP contribution in [0, 0.1) is 0 Å². The fraction of sp³-hybridized carbons (Fsp3) is 0.263. The number of pyridine rings is 1. The Morgan fingerprint density at radius 1 is 1.04 bits per heavy atom. The molecule has 0 spiro atoms. The number of nitrogens with zero attached hydrogens (tertiary/aromatic N) is 3. The van der Waals surface area contributed by atoms with Crippen LogP contribution in [-0.2, 0) is 0 Å². The number of alkyl halides is 1. The summed E-state index contributed by atoms with van der Waals surface area (Å²) in [5, 5.41) is 7.50. The van der Waals surface area contributed by atoms with E-state index >= 15 is 0 Å². The second-order valence-corrected chi connectivity index (χ2v) is 7.06. The fourth-order valence-electron chi connectivity index (χ4n) is 3.14. The molecule has 1 N–H and O–H groups in total. The van der Waals surface area contributed by atoms with E-state index in [2.05, 4.69) is 60.3 Å². The molecule has 0 atom stereocenters. The zero-order valence-corrected chi connectivity index (χ0v) is 15.2. The summed E-state index contributed by atoms with van der Waals surface area (Å²) in [4.78, 5) is 6.38. The first-order valence-electron chi connectivity index (χ1n) is 8.36. The average Bonchev–Trinajstić information content (AvgIpc) is 3.13. The molecule has 3 heterocycles. The molecule has 0 amide bonds.